The van der Waals surface area contributed by atoms with Crippen LogP contribution in [-0.2, 0) is 7.05 Å². The largest absolute Gasteiger partial charge is 0.465 e. The highest BCUT2D eigenvalue weighted by molar-refractivity contribution is 5.86. The molecule has 3 aromatic rings. The van der Waals surface area contributed by atoms with E-state index in [0.717, 1.165) is 5.56 Å². The minimum Gasteiger partial charge on any atom is -0.465 e. The van der Waals surface area contributed by atoms with Gasteiger partial charge in [0, 0.05) is 18.7 Å². The highest BCUT2D eigenvalue weighted by Crippen LogP contribution is 2.21. The molecule has 0 fully saturated rings. The van der Waals surface area contributed by atoms with Crippen molar-refractivity contribution in [1.82, 2.24) is 14.8 Å². The first-order valence-electron chi connectivity index (χ1n) is 6.40. The predicted molar refractivity (Wildman–Crippen MR) is 78.6 cm³/mol. The Morgan fingerprint density at radius 2 is 2.00 bits per heavy atom. The molecule has 0 aliphatic heterocycles. The smallest absolute Gasteiger partial charge is 0.174 e. The average molecular weight is 276 g/mol. The van der Waals surface area contributed by atoms with Gasteiger partial charge >= 0.3 is 0 Å². The molecule has 5 heteroatoms. The molecule has 0 bridgehead atoms. The first kappa shape index (κ1) is 12.9. The van der Waals surface area contributed by atoms with E-state index in [1.165, 1.54) is 0 Å². The quantitative estimate of drug-likeness (QED) is 0.689. The number of nitrogens with zero attached hydrogens (tertiary/aromatic N) is 4. The molecule has 3 rings (SSSR count). The van der Waals surface area contributed by atoms with Crippen molar-refractivity contribution in [2.24, 2.45) is 7.05 Å². The molecule has 0 radical (unpaired) electrons. The molecule has 2 heterocycles. The summed E-state index contributed by atoms with van der Waals surface area (Å²) in [6, 6.07) is 15.4. The van der Waals surface area contributed by atoms with Crippen molar-refractivity contribution in [3.8, 4) is 17.5 Å². The molecular weight excluding hydrogens is 264 g/mol. The van der Waals surface area contributed by atoms with Crippen LogP contribution in [-0.4, -0.2) is 14.8 Å². The molecule has 0 saturated carbocycles. The fraction of sp³-hybridized carbons (Fsp3) is 0.0625. The first-order valence-corrected chi connectivity index (χ1v) is 6.40. The zero-order valence-corrected chi connectivity index (χ0v) is 11.4. The summed E-state index contributed by atoms with van der Waals surface area (Å²) in [4.78, 5) is 0. The Hall–Kier alpha value is -3.13. The highest BCUT2D eigenvalue weighted by Gasteiger charge is 2.14. The number of aromatic nitrogens is 3. The molecule has 5 nitrogen and oxygen atoms in total. The van der Waals surface area contributed by atoms with Gasteiger partial charge in [-0.2, -0.15) is 5.26 Å². The molecule has 0 aliphatic rings. The van der Waals surface area contributed by atoms with Crippen LogP contribution in [0.2, 0.25) is 0 Å². The lowest BCUT2D eigenvalue weighted by molar-refractivity contribution is 0.557. The monoisotopic (exact) mass is 276 g/mol. The van der Waals surface area contributed by atoms with Gasteiger partial charge in [0.2, 0.25) is 0 Å². The number of hydrogen-bond acceptors (Lipinski definition) is 4. The van der Waals surface area contributed by atoms with Crippen molar-refractivity contribution in [3.05, 3.63) is 60.3 Å². The van der Waals surface area contributed by atoms with E-state index in [2.05, 4.69) is 16.3 Å². The number of allylic oxidation sites excluding steroid dienone is 1. The Morgan fingerprint density at radius 1 is 1.19 bits per heavy atom. The maximum Gasteiger partial charge on any atom is 0.174 e. The Kier molecular flexibility index (Phi) is 3.36. The number of rotatable bonds is 3. The summed E-state index contributed by atoms with van der Waals surface area (Å²) in [5.74, 6) is 1.83. The van der Waals surface area contributed by atoms with Gasteiger partial charge in [-0.3, -0.25) is 0 Å². The summed E-state index contributed by atoms with van der Waals surface area (Å²) >= 11 is 0. The van der Waals surface area contributed by atoms with Crippen molar-refractivity contribution >= 4 is 11.6 Å². The first-order chi connectivity index (χ1) is 10.3. The molecule has 0 aliphatic carbocycles. The van der Waals surface area contributed by atoms with Gasteiger partial charge < -0.3 is 8.98 Å². The minimum atomic E-state index is 0.405. The van der Waals surface area contributed by atoms with Crippen LogP contribution in [0, 0.1) is 11.3 Å². The second-order valence-corrected chi connectivity index (χ2v) is 4.46. The second-order valence-electron chi connectivity index (χ2n) is 4.46. The lowest BCUT2D eigenvalue weighted by Crippen LogP contribution is -1.98. The second kappa shape index (κ2) is 5.47. The molecule has 0 saturated heterocycles. The van der Waals surface area contributed by atoms with Gasteiger partial charge in [-0.15, -0.1) is 10.2 Å². The van der Waals surface area contributed by atoms with Crippen molar-refractivity contribution in [1.29, 1.82) is 5.26 Å². The summed E-state index contributed by atoms with van der Waals surface area (Å²) in [6.07, 6.45) is 3.21. The van der Waals surface area contributed by atoms with Crippen molar-refractivity contribution < 1.29 is 4.42 Å². The summed E-state index contributed by atoms with van der Waals surface area (Å²) in [5, 5.41) is 17.6. The number of benzene rings is 1. The van der Waals surface area contributed by atoms with Gasteiger partial charge in [0.1, 0.15) is 17.4 Å². The van der Waals surface area contributed by atoms with E-state index >= 15 is 0 Å². The van der Waals surface area contributed by atoms with E-state index in [9.17, 15) is 5.26 Å². The van der Waals surface area contributed by atoms with Gasteiger partial charge in [0.05, 0.1) is 6.26 Å². The number of hydrogen-bond donors (Lipinski definition) is 0. The van der Waals surface area contributed by atoms with Crippen LogP contribution in [0.15, 0.2) is 53.1 Å². The normalized spacial score (nSPS) is 11.3. The average Bonchev–Trinajstić information content (AvgIpc) is 3.15. The van der Waals surface area contributed by atoms with Gasteiger partial charge in [-0.1, -0.05) is 30.3 Å². The molecule has 0 unspecified atom stereocenters. The third kappa shape index (κ3) is 2.47. The Morgan fingerprint density at radius 3 is 2.67 bits per heavy atom. The van der Waals surface area contributed by atoms with Crippen molar-refractivity contribution in [2.45, 2.75) is 0 Å². The molecule has 1 aromatic carbocycles. The fourth-order valence-corrected chi connectivity index (χ4v) is 2.06. The van der Waals surface area contributed by atoms with Gasteiger partial charge in [0.15, 0.2) is 11.6 Å². The molecule has 102 valence electrons. The summed E-state index contributed by atoms with van der Waals surface area (Å²) in [6.45, 7) is 0. The van der Waals surface area contributed by atoms with Crippen molar-refractivity contribution in [3.63, 3.8) is 0 Å². The lowest BCUT2D eigenvalue weighted by Gasteiger charge is -2.02. The zero-order chi connectivity index (χ0) is 14.7. The fourth-order valence-electron chi connectivity index (χ4n) is 2.06. The molecule has 0 amide bonds. The van der Waals surface area contributed by atoms with Crippen molar-refractivity contribution in [2.75, 3.05) is 0 Å². The number of nitriles is 1. The summed E-state index contributed by atoms with van der Waals surface area (Å²) in [7, 11) is 1.84. The van der Waals surface area contributed by atoms with Gasteiger partial charge in [-0.05, 0) is 12.1 Å². The van der Waals surface area contributed by atoms with Crippen LogP contribution in [0.5, 0.6) is 0 Å². The summed E-state index contributed by atoms with van der Waals surface area (Å²) in [5.41, 5.74) is 1.36. The van der Waals surface area contributed by atoms with Crippen LogP contribution < -0.4 is 0 Å². The van der Waals surface area contributed by atoms with E-state index < -0.39 is 0 Å². The predicted octanol–water partition coefficient (Wildman–Crippen LogP) is 3.14. The molecule has 0 spiro atoms. The standard InChI is InChI=1S/C16H12N4O/c1-20-15(12-6-3-2-4-7-12)18-19-16(20)13(11-17)10-14-8-5-9-21-14/h2-10H,1H3. The summed E-state index contributed by atoms with van der Waals surface area (Å²) < 4.78 is 7.03. The van der Waals surface area contributed by atoms with E-state index in [4.69, 9.17) is 4.42 Å². The molecule has 2 aromatic heterocycles. The minimum absolute atomic E-state index is 0.405. The Balaban J connectivity index is 2.04. The van der Waals surface area contributed by atoms with Crippen LogP contribution in [0.1, 0.15) is 11.6 Å². The van der Waals surface area contributed by atoms with Crippen LogP contribution in [0.25, 0.3) is 23.0 Å². The Labute approximate surface area is 121 Å². The molecule has 0 atom stereocenters. The van der Waals surface area contributed by atoms with Crippen LogP contribution in [0.4, 0.5) is 0 Å². The SMILES string of the molecule is Cn1c(C(C#N)=Cc2ccco2)nnc1-c1ccccc1. The van der Waals surface area contributed by atoms with Gasteiger partial charge in [-0.25, -0.2) is 0 Å². The van der Waals surface area contributed by atoms with Crippen LogP contribution >= 0.6 is 0 Å². The molecular formula is C16H12N4O. The van der Waals surface area contributed by atoms with Crippen LogP contribution in [0.3, 0.4) is 0 Å². The molecule has 21 heavy (non-hydrogen) atoms. The number of furan rings is 1. The lowest BCUT2D eigenvalue weighted by atomic mass is 10.2. The zero-order valence-electron chi connectivity index (χ0n) is 11.4. The van der Waals surface area contributed by atoms with E-state index in [-0.39, 0.29) is 0 Å². The maximum atomic E-state index is 9.34. The Bertz CT molecular complexity index is 808. The third-order valence-corrected chi connectivity index (χ3v) is 3.10. The van der Waals surface area contributed by atoms with E-state index in [0.29, 0.717) is 23.0 Å². The van der Waals surface area contributed by atoms with E-state index in [1.54, 1.807) is 29.0 Å². The highest BCUT2D eigenvalue weighted by atomic mass is 16.3. The molecule has 0 N–H and O–H groups in total. The maximum absolute atomic E-state index is 9.34. The topological polar surface area (TPSA) is 67.6 Å². The van der Waals surface area contributed by atoms with Gasteiger partial charge in [0.25, 0.3) is 0 Å². The van der Waals surface area contributed by atoms with E-state index in [1.807, 2.05) is 37.4 Å². The third-order valence-electron chi connectivity index (χ3n) is 3.10.